The monoisotopic (exact) mass is 385 g/mol. The summed E-state index contributed by atoms with van der Waals surface area (Å²) in [7, 11) is 0. The lowest BCUT2D eigenvalue weighted by atomic mass is 9.94. The van der Waals surface area contributed by atoms with Gasteiger partial charge in [-0.25, -0.2) is 0 Å². The lowest BCUT2D eigenvalue weighted by Gasteiger charge is -2.16. The Kier molecular flexibility index (Phi) is 3.81. The zero-order valence-corrected chi connectivity index (χ0v) is 15.5. The zero-order valence-electron chi connectivity index (χ0n) is 15.5. The second-order valence-electron chi connectivity index (χ2n) is 7.47. The predicted molar refractivity (Wildman–Crippen MR) is 111 cm³/mol. The molecule has 6 heteroatoms. The molecule has 0 unspecified atom stereocenters. The van der Waals surface area contributed by atoms with Crippen LogP contribution in [0.1, 0.15) is 18.4 Å². The second kappa shape index (κ2) is 6.38. The fourth-order valence-electron chi connectivity index (χ4n) is 3.73. The number of nitrogens with one attached hydrogen (secondary N) is 2. The number of aromatic nitrogens is 2. The summed E-state index contributed by atoms with van der Waals surface area (Å²) in [5.41, 5.74) is 3.72. The van der Waals surface area contributed by atoms with Crippen LogP contribution in [0.5, 0.6) is 11.5 Å². The number of phenolic OH excluding ortho intramolecular Hbond substituents is 2. The highest BCUT2D eigenvalue weighted by Crippen LogP contribution is 2.50. The Hall–Kier alpha value is -3.80. The Bertz CT molecular complexity index is 1230. The van der Waals surface area contributed by atoms with Crippen molar-refractivity contribution in [2.24, 2.45) is 0 Å². The largest absolute Gasteiger partial charge is 0.504 e. The SMILES string of the molecule is O=C(Nc1ccc2[nH]c(-c3cccnc3)cc2c1)C1(c2ccc(O)c(O)c2)CC1. The van der Waals surface area contributed by atoms with Crippen LogP contribution in [0.15, 0.2) is 67.0 Å². The van der Waals surface area contributed by atoms with Gasteiger partial charge in [-0.05, 0) is 66.9 Å². The smallest absolute Gasteiger partial charge is 0.235 e. The molecule has 1 fully saturated rings. The molecular weight excluding hydrogens is 366 g/mol. The molecular formula is C23H19N3O3. The molecule has 4 N–H and O–H groups in total. The van der Waals surface area contributed by atoms with Crippen LogP contribution in [0.25, 0.3) is 22.2 Å². The van der Waals surface area contributed by atoms with E-state index in [-0.39, 0.29) is 17.4 Å². The Morgan fingerprint density at radius 1 is 1.03 bits per heavy atom. The van der Waals surface area contributed by atoms with Crippen molar-refractivity contribution in [2.45, 2.75) is 18.3 Å². The molecule has 2 aromatic carbocycles. The van der Waals surface area contributed by atoms with Gasteiger partial charge < -0.3 is 20.5 Å². The van der Waals surface area contributed by atoms with Crippen LogP contribution in [0, 0.1) is 0 Å². The van der Waals surface area contributed by atoms with Crippen molar-refractivity contribution in [1.82, 2.24) is 9.97 Å². The van der Waals surface area contributed by atoms with Crippen LogP contribution in [-0.2, 0) is 10.2 Å². The van der Waals surface area contributed by atoms with Gasteiger partial charge in [-0.1, -0.05) is 6.07 Å². The maximum atomic E-state index is 13.0. The van der Waals surface area contributed by atoms with E-state index in [0.717, 1.165) is 22.2 Å². The summed E-state index contributed by atoms with van der Waals surface area (Å²) in [4.78, 5) is 20.5. The summed E-state index contributed by atoms with van der Waals surface area (Å²) in [6.45, 7) is 0. The fourth-order valence-corrected chi connectivity index (χ4v) is 3.73. The minimum atomic E-state index is -0.654. The Labute approximate surface area is 166 Å². The van der Waals surface area contributed by atoms with Gasteiger partial charge >= 0.3 is 0 Å². The van der Waals surface area contributed by atoms with Crippen LogP contribution in [0.2, 0.25) is 0 Å². The molecule has 0 aliphatic heterocycles. The summed E-state index contributed by atoms with van der Waals surface area (Å²) < 4.78 is 0. The lowest BCUT2D eigenvalue weighted by molar-refractivity contribution is -0.118. The van der Waals surface area contributed by atoms with Crippen LogP contribution in [0.3, 0.4) is 0 Å². The van der Waals surface area contributed by atoms with Crippen molar-refractivity contribution in [1.29, 1.82) is 0 Å². The number of H-pyrrole nitrogens is 1. The highest BCUT2D eigenvalue weighted by molar-refractivity contribution is 6.02. The third-order valence-corrected chi connectivity index (χ3v) is 5.56. The van der Waals surface area contributed by atoms with E-state index in [0.29, 0.717) is 24.1 Å². The second-order valence-corrected chi connectivity index (χ2v) is 7.47. The summed E-state index contributed by atoms with van der Waals surface area (Å²) in [6, 6.07) is 16.2. The first-order chi connectivity index (χ1) is 14.0. The van der Waals surface area contributed by atoms with Gasteiger partial charge in [0.15, 0.2) is 11.5 Å². The number of amides is 1. The molecule has 2 heterocycles. The molecule has 1 saturated carbocycles. The number of pyridine rings is 1. The first-order valence-electron chi connectivity index (χ1n) is 9.42. The van der Waals surface area contributed by atoms with Crippen molar-refractivity contribution in [3.05, 3.63) is 72.6 Å². The minimum absolute atomic E-state index is 0.107. The number of phenols is 2. The number of carbonyl (C=O) groups is 1. The van der Waals surface area contributed by atoms with Crippen molar-refractivity contribution in [2.75, 3.05) is 5.32 Å². The maximum absolute atomic E-state index is 13.0. The first kappa shape index (κ1) is 17.3. The molecule has 0 spiro atoms. The fraction of sp³-hybridized carbons (Fsp3) is 0.130. The average molecular weight is 385 g/mol. The number of benzene rings is 2. The summed E-state index contributed by atoms with van der Waals surface area (Å²) >= 11 is 0. The molecule has 6 nitrogen and oxygen atoms in total. The van der Waals surface area contributed by atoms with Gasteiger partial charge in [0, 0.05) is 40.2 Å². The summed E-state index contributed by atoms with van der Waals surface area (Å²) in [5.74, 6) is -0.504. The van der Waals surface area contributed by atoms with E-state index in [2.05, 4.69) is 15.3 Å². The third-order valence-electron chi connectivity index (χ3n) is 5.56. The molecule has 5 rings (SSSR count). The van der Waals surface area contributed by atoms with E-state index < -0.39 is 5.41 Å². The first-order valence-corrected chi connectivity index (χ1v) is 9.42. The summed E-state index contributed by atoms with van der Waals surface area (Å²) in [5, 5.41) is 23.3. The Morgan fingerprint density at radius 3 is 2.62 bits per heavy atom. The number of rotatable bonds is 4. The number of carbonyl (C=O) groups excluding carboxylic acids is 1. The van der Waals surface area contributed by atoms with E-state index in [4.69, 9.17) is 0 Å². The Balaban J connectivity index is 1.41. The van der Waals surface area contributed by atoms with E-state index in [1.807, 2.05) is 36.4 Å². The number of anilines is 1. The minimum Gasteiger partial charge on any atom is -0.504 e. The standard InChI is InChI=1S/C23H19N3O3/c27-20-6-3-16(12-21(20)28)23(7-8-23)22(29)25-17-4-5-18-15(10-17)11-19(26-18)14-2-1-9-24-13-14/h1-6,9-13,26-28H,7-8H2,(H,25,29). The molecule has 2 aromatic heterocycles. The Morgan fingerprint density at radius 2 is 1.90 bits per heavy atom. The third kappa shape index (κ3) is 2.99. The number of aromatic hydroxyl groups is 2. The van der Waals surface area contributed by atoms with E-state index in [9.17, 15) is 15.0 Å². The van der Waals surface area contributed by atoms with Gasteiger partial charge in [-0.2, -0.15) is 0 Å². The number of hydrogen-bond donors (Lipinski definition) is 4. The molecule has 0 atom stereocenters. The lowest BCUT2D eigenvalue weighted by Crippen LogP contribution is -2.27. The molecule has 4 aromatic rings. The molecule has 0 radical (unpaired) electrons. The molecule has 0 bridgehead atoms. The number of fused-ring (bicyclic) bond motifs is 1. The van der Waals surface area contributed by atoms with E-state index >= 15 is 0 Å². The zero-order chi connectivity index (χ0) is 20.0. The molecule has 0 saturated heterocycles. The van der Waals surface area contributed by atoms with Crippen molar-refractivity contribution >= 4 is 22.5 Å². The number of hydrogen-bond acceptors (Lipinski definition) is 4. The molecule has 144 valence electrons. The van der Waals surface area contributed by atoms with Crippen LogP contribution < -0.4 is 5.32 Å². The predicted octanol–water partition coefficient (Wildman–Crippen LogP) is 4.31. The number of nitrogens with zero attached hydrogens (tertiary/aromatic N) is 1. The van der Waals surface area contributed by atoms with Crippen molar-refractivity contribution in [3.63, 3.8) is 0 Å². The van der Waals surface area contributed by atoms with Crippen LogP contribution in [-0.4, -0.2) is 26.1 Å². The van der Waals surface area contributed by atoms with E-state index in [1.54, 1.807) is 18.5 Å². The molecule has 1 amide bonds. The number of aromatic amines is 1. The van der Waals surface area contributed by atoms with Gasteiger partial charge in [0.2, 0.25) is 5.91 Å². The average Bonchev–Trinajstić information content (AvgIpc) is 3.44. The quantitative estimate of drug-likeness (QED) is 0.393. The van der Waals surface area contributed by atoms with Crippen LogP contribution in [0.4, 0.5) is 5.69 Å². The highest BCUT2D eigenvalue weighted by atomic mass is 16.3. The normalized spacial score (nSPS) is 14.6. The molecule has 1 aliphatic carbocycles. The van der Waals surface area contributed by atoms with Gasteiger partial charge in [-0.15, -0.1) is 0 Å². The molecule has 29 heavy (non-hydrogen) atoms. The van der Waals surface area contributed by atoms with Crippen LogP contribution >= 0.6 is 0 Å². The maximum Gasteiger partial charge on any atom is 0.235 e. The van der Waals surface area contributed by atoms with E-state index in [1.165, 1.54) is 12.1 Å². The van der Waals surface area contributed by atoms with Gasteiger partial charge in [0.1, 0.15) is 0 Å². The van der Waals surface area contributed by atoms with Crippen molar-refractivity contribution < 1.29 is 15.0 Å². The van der Waals surface area contributed by atoms with Crippen molar-refractivity contribution in [3.8, 4) is 22.8 Å². The van der Waals surface area contributed by atoms with Gasteiger partial charge in [-0.3, -0.25) is 9.78 Å². The summed E-state index contributed by atoms with van der Waals surface area (Å²) in [6.07, 6.45) is 4.96. The topological polar surface area (TPSA) is 98.2 Å². The van der Waals surface area contributed by atoms with Gasteiger partial charge in [0.25, 0.3) is 0 Å². The highest BCUT2D eigenvalue weighted by Gasteiger charge is 2.51. The van der Waals surface area contributed by atoms with Gasteiger partial charge in [0.05, 0.1) is 5.41 Å². The molecule has 1 aliphatic rings.